The lowest BCUT2D eigenvalue weighted by Crippen LogP contribution is -2.23. The van der Waals surface area contributed by atoms with E-state index in [0.29, 0.717) is 28.0 Å². The average Bonchev–Trinajstić information content (AvgIpc) is 2.76. The van der Waals surface area contributed by atoms with E-state index in [9.17, 15) is 4.79 Å². The molecule has 116 valence electrons. The molecule has 1 aliphatic carbocycles. The van der Waals surface area contributed by atoms with Crippen LogP contribution in [0.25, 0.3) is 0 Å². The molecule has 4 nitrogen and oxygen atoms in total. The molecular formula is C17H27N3O. The van der Waals surface area contributed by atoms with Crippen LogP contribution in [0.2, 0.25) is 0 Å². The first-order chi connectivity index (χ1) is 9.59. The monoisotopic (exact) mass is 289 g/mol. The first-order valence-corrected chi connectivity index (χ1v) is 7.44. The third kappa shape index (κ3) is 2.59. The minimum absolute atomic E-state index is 0.00758. The summed E-state index contributed by atoms with van der Waals surface area (Å²) in [6.07, 6.45) is 0. The molecule has 2 rings (SSSR count). The van der Waals surface area contributed by atoms with Crippen LogP contribution in [0.5, 0.6) is 0 Å². The lowest BCUT2D eigenvalue weighted by Gasteiger charge is -2.16. The van der Waals surface area contributed by atoms with Crippen molar-refractivity contribution in [3.05, 3.63) is 23.8 Å². The van der Waals surface area contributed by atoms with Crippen LogP contribution in [0.15, 0.2) is 18.2 Å². The molecule has 0 aromatic heterocycles. The summed E-state index contributed by atoms with van der Waals surface area (Å²) in [7, 11) is 3.52. The van der Waals surface area contributed by atoms with Gasteiger partial charge in [0.1, 0.15) is 0 Å². The molecule has 0 spiro atoms. The Balaban J connectivity index is 2.17. The molecular weight excluding hydrogens is 262 g/mol. The van der Waals surface area contributed by atoms with E-state index in [2.05, 4.69) is 33.0 Å². The maximum Gasteiger partial charge on any atom is 0.255 e. The first-order valence-electron chi connectivity index (χ1n) is 7.44. The van der Waals surface area contributed by atoms with Gasteiger partial charge in [-0.3, -0.25) is 4.79 Å². The number of carbonyl (C=O) groups excluding carboxylic acids is 1. The Kier molecular flexibility index (Phi) is 3.68. The summed E-state index contributed by atoms with van der Waals surface area (Å²) in [5, 5.41) is 3.44. The standard InChI is InChI=1S/C17H27N3O/c1-16(2)14(17(16,3)4)10-19-13-9-11(18)7-8-12(13)15(21)20(5)6/h7-9,14,19H,10,18H2,1-6H3. The Morgan fingerprint density at radius 2 is 1.81 bits per heavy atom. The van der Waals surface area contributed by atoms with E-state index in [-0.39, 0.29) is 5.91 Å². The molecule has 0 radical (unpaired) electrons. The van der Waals surface area contributed by atoms with Crippen LogP contribution < -0.4 is 11.1 Å². The Morgan fingerprint density at radius 3 is 2.29 bits per heavy atom. The van der Waals surface area contributed by atoms with Gasteiger partial charge in [-0.15, -0.1) is 0 Å². The van der Waals surface area contributed by atoms with E-state index in [1.165, 1.54) is 0 Å². The molecule has 0 saturated heterocycles. The predicted octanol–water partition coefficient (Wildman–Crippen LogP) is 3.06. The lowest BCUT2D eigenvalue weighted by molar-refractivity contribution is 0.0828. The zero-order valence-corrected chi connectivity index (χ0v) is 13.9. The van der Waals surface area contributed by atoms with Crippen molar-refractivity contribution in [2.75, 3.05) is 31.7 Å². The van der Waals surface area contributed by atoms with E-state index in [4.69, 9.17) is 5.73 Å². The van der Waals surface area contributed by atoms with Crippen LogP contribution in [0, 0.1) is 16.7 Å². The Labute approximate surface area is 127 Å². The maximum atomic E-state index is 12.2. The number of hydrogen-bond donors (Lipinski definition) is 2. The smallest absolute Gasteiger partial charge is 0.255 e. The van der Waals surface area contributed by atoms with E-state index in [1.54, 1.807) is 31.1 Å². The highest BCUT2D eigenvalue weighted by molar-refractivity contribution is 6.00. The minimum Gasteiger partial charge on any atom is -0.399 e. The fraction of sp³-hybridized carbons (Fsp3) is 0.588. The number of carbonyl (C=O) groups is 1. The zero-order valence-electron chi connectivity index (χ0n) is 13.9. The largest absolute Gasteiger partial charge is 0.399 e. The number of nitrogens with two attached hydrogens (primary N) is 1. The van der Waals surface area contributed by atoms with Gasteiger partial charge in [-0.2, -0.15) is 0 Å². The van der Waals surface area contributed by atoms with Crippen LogP contribution in [0.3, 0.4) is 0 Å². The minimum atomic E-state index is -0.00758. The molecule has 4 heteroatoms. The van der Waals surface area contributed by atoms with Crippen LogP contribution >= 0.6 is 0 Å². The molecule has 1 fully saturated rings. The van der Waals surface area contributed by atoms with Gasteiger partial charge in [-0.05, 0) is 34.9 Å². The van der Waals surface area contributed by atoms with E-state index in [0.717, 1.165) is 12.2 Å². The number of amides is 1. The van der Waals surface area contributed by atoms with Gasteiger partial charge >= 0.3 is 0 Å². The van der Waals surface area contributed by atoms with Crippen molar-refractivity contribution in [1.82, 2.24) is 4.90 Å². The van der Waals surface area contributed by atoms with Crippen molar-refractivity contribution in [1.29, 1.82) is 0 Å². The molecule has 1 saturated carbocycles. The number of rotatable bonds is 4. The van der Waals surface area contributed by atoms with Gasteiger partial charge in [0, 0.05) is 32.0 Å². The van der Waals surface area contributed by atoms with Crippen LogP contribution in [-0.2, 0) is 0 Å². The van der Waals surface area contributed by atoms with Crippen molar-refractivity contribution >= 4 is 17.3 Å². The highest BCUT2D eigenvalue weighted by Crippen LogP contribution is 2.68. The molecule has 3 N–H and O–H groups in total. The highest BCUT2D eigenvalue weighted by Gasteiger charge is 2.64. The van der Waals surface area contributed by atoms with Crippen molar-refractivity contribution in [2.45, 2.75) is 27.7 Å². The second kappa shape index (κ2) is 4.93. The summed E-state index contributed by atoms with van der Waals surface area (Å²) >= 11 is 0. The van der Waals surface area contributed by atoms with Crippen LogP contribution in [0.4, 0.5) is 11.4 Å². The Morgan fingerprint density at radius 1 is 1.24 bits per heavy atom. The molecule has 0 heterocycles. The average molecular weight is 289 g/mol. The van der Waals surface area contributed by atoms with Crippen molar-refractivity contribution in [3.8, 4) is 0 Å². The van der Waals surface area contributed by atoms with Gasteiger partial charge in [0.15, 0.2) is 0 Å². The van der Waals surface area contributed by atoms with Crippen LogP contribution in [0.1, 0.15) is 38.1 Å². The fourth-order valence-electron chi connectivity index (χ4n) is 3.19. The first kappa shape index (κ1) is 15.7. The summed E-state index contributed by atoms with van der Waals surface area (Å²) in [4.78, 5) is 13.8. The number of hydrogen-bond acceptors (Lipinski definition) is 3. The van der Waals surface area contributed by atoms with Crippen LogP contribution in [-0.4, -0.2) is 31.4 Å². The summed E-state index contributed by atoms with van der Waals surface area (Å²) in [6, 6.07) is 5.41. The third-order valence-electron chi connectivity index (χ3n) is 5.50. The Hall–Kier alpha value is -1.71. The molecule has 1 aromatic rings. The fourth-order valence-corrected chi connectivity index (χ4v) is 3.19. The van der Waals surface area contributed by atoms with Gasteiger partial charge in [-0.1, -0.05) is 27.7 Å². The summed E-state index contributed by atoms with van der Waals surface area (Å²) < 4.78 is 0. The summed E-state index contributed by atoms with van der Waals surface area (Å²) in [6.45, 7) is 10.0. The third-order valence-corrected chi connectivity index (χ3v) is 5.50. The number of nitrogen functional groups attached to an aromatic ring is 1. The predicted molar refractivity (Wildman–Crippen MR) is 88.4 cm³/mol. The van der Waals surface area contributed by atoms with E-state index < -0.39 is 0 Å². The molecule has 1 aromatic carbocycles. The molecule has 0 aliphatic heterocycles. The summed E-state index contributed by atoms with van der Waals surface area (Å²) in [5.74, 6) is 0.584. The summed E-state index contributed by atoms with van der Waals surface area (Å²) in [5.41, 5.74) is 8.68. The number of nitrogens with zero attached hydrogens (tertiary/aromatic N) is 1. The zero-order chi connectivity index (χ0) is 16.0. The molecule has 21 heavy (non-hydrogen) atoms. The topological polar surface area (TPSA) is 58.4 Å². The number of anilines is 2. The van der Waals surface area contributed by atoms with Gasteiger partial charge < -0.3 is 16.0 Å². The Bertz CT molecular complexity index is 547. The normalized spacial score (nSPS) is 19.1. The molecule has 0 unspecified atom stereocenters. The molecule has 1 amide bonds. The number of benzene rings is 1. The maximum absolute atomic E-state index is 12.2. The van der Waals surface area contributed by atoms with Gasteiger partial charge in [0.2, 0.25) is 0 Å². The second-order valence-electron chi connectivity index (χ2n) is 7.38. The molecule has 0 atom stereocenters. The van der Waals surface area contributed by atoms with Gasteiger partial charge in [0.25, 0.3) is 5.91 Å². The van der Waals surface area contributed by atoms with E-state index >= 15 is 0 Å². The number of nitrogens with one attached hydrogen (secondary N) is 1. The van der Waals surface area contributed by atoms with E-state index in [1.807, 2.05) is 6.07 Å². The second-order valence-corrected chi connectivity index (χ2v) is 7.38. The van der Waals surface area contributed by atoms with Gasteiger partial charge in [-0.25, -0.2) is 0 Å². The van der Waals surface area contributed by atoms with Crippen molar-refractivity contribution < 1.29 is 4.79 Å². The van der Waals surface area contributed by atoms with Gasteiger partial charge in [0.05, 0.1) is 5.56 Å². The lowest BCUT2D eigenvalue weighted by atomic mass is 10.0. The quantitative estimate of drug-likeness (QED) is 0.838. The highest BCUT2D eigenvalue weighted by atomic mass is 16.2. The van der Waals surface area contributed by atoms with Crippen molar-refractivity contribution in [2.24, 2.45) is 16.7 Å². The SMILES string of the molecule is CN(C)C(=O)c1ccc(N)cc1NCC1C(C)(C)C1(C)C. The molecule has 0 bridgehead atoms. The van der Waals surface area contributed by atoms with Crippen molar-refractivity contribution in [3.63, 3.8) is 0 Å². The molecule has 1 aliphatic rings.